The van der Waals surface area contributed by atoms with Crippen LogP contribution >= 0.6 is 0 Å². The third-order valence-corrected chi connectivity index (χ3v) is 4.14. The van der Waals surface area contributed by atoms with E-state index in [1.165, 1.54) is 0 Å². The van der Waals surface area contributed by atoms with Crippen molar-refractivity contribution in [3.63, 3.8) is 0 Å². The first kappa shape index (κ1) is 15.1. The molecule has 1 aliphatic rings. The number of amides is 2. The summed E-state index contributed by atoms with van der Waals surface area (Å²) in [7, 11) is 0. The minimum Gasteiger partial charge on any atom is -0.326 e. The average molecular weight is 332 g/mol. The Balaban J connectivity index is 1.55. The molecule has 0 atom stereocenters. The lowest BCUT2D eigenvalue weighted by Crippen LogP contribution is -2.19. The molecule has 0 spiro atoms. The van der Waals surface area contributed by atoms with Crippen LogP contribution in [0.2, 0.25) is 0 Å². The molecule has 0 saturated carbocycles. The van der Waals surface area contributed by atoms with Crippen molar-refractivity contribution < 1.29 is 9.59 Å². The highest BCUT2D eigenvalue weighted by molar-refractivity contribution is 6.04. The van der Waals surface area contributed by atoms with Gasteiger partial charge >= 0.3 is 0 Å². The third kappa shape index (κ3) is 3.14. The lowest BCUT2D eigenvalue weighted by atomic mass is 10.0. The molecule has 1 aromatic carbocycles. The first-order valence-corrected chi connectivity index (χ1v) is 8.02. The fourth-order valence-corrected chi connectivity index (χ4v) is 2.86. The van der Waals surface area contributed by atoms with Crippen molar-refractivity contribution in [3.05, 3.63) is 72.3 Å². The Hall–Kier alpha value is -3.41. The largest absolute Gasteiger partial charge is 0.326 e. The predicted molar refractivity (Wildman–Crippen MR) is 94.9 cm³/mol. The number of carbonyl (C=O) groups is 2. The number of hydrogen-bond acceptors (Lipinski definition) is 3. The van der Waals surface area contributed by atoms with Gasteiger partial charge in [-0.3, -0.25) is 14.6 Å². The Bertz CT molecular complexity index is 948. The van der Waals surface area contributed by atoms with Crippen molar-refractivity contribution in [2.24, 2.45) is 0 Å². The normalized spacial score (nSPS) is 13.0. The van der Waals surface area contributed by atoms with Crippen LogP contribution < -0.4 is 10.6 Å². The second-order valence-corrected chi connectivity index (χ2v) is 5.86. The summed E-state index contributed by atoms with van der Waals surface area (Å²) in [6, 6.07) is 12.9. The maximum atomic E-state index is 12.5. The summed E-state index contributed by atoms with van der Waals surface area (Å²) in [6.45, 7) is 0. The average Bonchev–Trinajstić information content (AvgIpc) is 3.16. The fourth-order valence-electron chi connectivity index (χ4n) is 2.86. The highest BCUT2D eigenvalue weighted by Gasteiger charge is 2.16. The van der Waals surface area contributed by atoms with E-state index in [-0.39, 0.29) is 11.8 Å². The first-order valence-electron chi connectivity index (χ1n) is 8.02. The number of nitrogens with one attached hydrogen (secondary N) is 2. The first-order chi connectivity index (χ1) is 12.2. The van der Waals surface area contributed by atoms with Crippen molar-refractivity contribution in [3.8, 4) is 5.69 Å². The van der Waals surface area contributed by atoms with Crippen LogP contribution in [0.15, 0.2) is 61.1 Å². The molecule has 6 heteroatoms. The smallest absolute Gasteiger partial charge is 0.274 e. The Morgan fingerprint density at radius 1 is 1.12 bits per heavy atom. The zero-order chi connectivity index (χ0) is 17.2. The van der Waals surface area contributed by atoms with Crippen LogP contribution in [0.25, 0.3) is 5.69 Å². The minimum atomic E-state index is -0.295. The maximum absolute atomic E-state index is 12.5. The second-order valence-electron chi connectivity index (χ2n) is 5.86. The molecule has 25 heavy (non-hydrogen) atoms. The van der Waals surface area contributed by atoms with Gasteiger partial charge in [-0.15, -0.1) is 0 Å². The van der Waals surface area contributed by atoms with E-state index in [1.807, 2.05) is 47.3 Å². The molecular weight excluding hydrogens is 316 g/mol. The highest BCUT2D eigenvalue weighted by Crippen LogP contribution is 2.26. The summed E-state index contributed by atoms with van der Waals surface area (Å²) in [4.78, 5) is 28.2. The van der Waals surface area contributed by atoms with Gasteiger partial charge < -0.3 is 15.2 Å². The molecule has 3 heterocycles. The van der Waals surface area contributed by atoms with Gasteiger partial charge in [-0.25, -0.2) is 0 Å². The molecule has 0 aliphatic carbocycles. The third-order valence-electron chi connectivity index (χ3n) is 4.14. The van der Waals surface area contributed by atoms with Gasteiger partial charge in [0.1, 0.15) is 5.69 Å². The SMILES string of the molecule is O=C1CCc2ccc(NC(=O)c3cc(-n4cccc4)ccn3)cc2N1. The molecule has 0 unspecified atom stereocenters. The number of aryl methyl sites for hydroxylation is 1. The van der Waals surface area contributed by atoms with Gasteiger partial charge in [0, 0.05) is 42.1 Å². The highest BCUT2D eigenvalue weighted by atomic mass is 16.2. The lowest BCUT2D eigenvalue weighted by Gasteiger charge is -2.17. The molecule has 3 aromatic rings. The van der Waals surface area contributed by atoms with Gasteiger partial charge in [-0.05, 0) is 48.4 Å². The van der Waals surface area contributed by atoms with Gasteiger partial charge in [-0.1, -0.05) is 6.07 Å². The standard InChI is InChI=1S/C19H16N4O2/c24-18-6-4-13-3-5-14(11-16(13)22-18)21-19(25)17-12-15(7-8-20-17)23-9-1-2-10-23/h1-3,5,7-12H,4,6H2,(H,21,25)(H,22,24). The van der Waals surface area contributed by atoms with Gasteiger partial charge in [0.15, 0.2) is 0 Å². The van der Waals surface area contributed by atoms with Crippen LogP contribution in [-0.4, -0.2) is 21.4 Å². The van der Waals surface area contributed by atoms with Crippen LogP contribution in [0, 0.1) is 0 Å². The Labute approximate surface area is 144 Å². The summed E-state index contributed by atoms with van der Waals surface area (Å²) in [5.41, 5.74) is 3.64. The number of benzene rings is 1. The predicted octanol–water partition coefficient (Wildman–Crippen LogP) is 3.01. The molecule has 6 nitrogen and oxygen atoms in total. The summed E-state index contributed by atoms with van der Waals surface area (Å²) < 4.78 is 1.91. The molecule has 1 aliphatic heterocycles. The molecule has 0 fully saturated rings. The van der Waals surface area contributed by atoms with Crippen LogP contribution in [0.5, 0.6) is 0 Å². The molecule has 2 aromatic heterocycles. The molecule has 0 bridgehead atoms. The number of aromatic nitrogens is 2. The van der Waals surface area contributed by atoms with E-state index >= 15 is 0 Å². The monoisotopic (exact) mass is 332 g/mol. The van der Waals surface area contributed by atoms with Gasteiger partial charge in [0.05, 0.1) is 0 Å². The number of carbonyl (C=O) groups excluding carboxylic acids is 2. The molecule has 0 radical (unpaired) electrons. The number of pyridine rings is 1. The van der Waals surface area contributed by atoms with E-state index < -0.39 is 0 Å². The summed E-state index contributed by atoms with van der Waals surface area (Å²) >= 11 is 0. The quantitative estimate of drug-likeness (QED) is 0.774. The van der Waals surface area contributed by atoms with Crippen LogP contribution in [0.1, 0.15) is 22.5 Å². The summed E-state index contributed by atoms with van der Waals surface area (Å²) in [5, 5.41) is 5.67. The van der Waals surface area contributed by atoms with E-state index in [2.05, 4.69) is 15.6 Å². The Morgan fingerprint density at radius 3 is 2.80 bits per heavy atom. The van der Waals surface area contributed by atoms with Crippen molar-refractivity contribution >= 4 is 23.2 Å². The van der Waals surface area contributed by atoms with Crippen molar-refractivity contribution in [1.29, 1.82) is 0 Å². The van der Waals surface area contributed by atoms with E-state index in [4.69, 9.17) is 0 Å². The topological polar surface area (TPSA) is 76.0 Å². The minimum absolute atomic E-state index is 0.00272. The number of rotatable bonds is 3. The summed E-state index contributed by atoms with van der Waals surface area (Å²) in [5.74, 6) is -0.298. The van der Waals surface area contributed by atoms with Crippen LogP contribution in [0.3, 0.4) is 0 Å². The molecule has 2 N–H and O–H groups in total. The van der Waals surface area contributed by atoms with Crippen molar-refractivity contribution in [2.75, 3.05) is 10.6 Å². The Morgan fingerprint density at radius 2 is 1.96 bits per heavy atom. The van der Waals surface area contributed by atoms with E-state index in [0.717, 1.165) is 23.4 Å². The van der Waals surface area contributed by atoms with Gasteiger partial charge in [-0.2, -0.15) is 0 Å². The number of hydrogen-bond donors (Lipinski definition) is 2. The molecular formula is C19H16N4O2. The molecule has 0 saturated heterocycles. The van der Waals surface area contributed by atoms with E-state index in [0.29, 0.717) is 17.8 Å². The van der Waals surface area contributed by atoms with Crippen LogP contribution in [-0.2, 0) is 11.2 Å². The number of fused-ring (bicyclic) bond motifs is 1. The van der Waals surface area contributed by atoms with Gasteiger partial charge in [0.25, 0.3) is 5.91 Å². The fraction of sp³-hybridized carbons (Fsp3) is 0.105. The van der Waals surface area contributed by atoms with Crippen LogP contribution in [0.4, 0.5) is 11.4 Å². The lowest BCUT2D eigenvalue weighted by molar-refractivity contribution is -0.116. The Kier molecular flexibility index (Phi) is 3.78. The second kappa shape index (κ2) is 6.24. The molecule has 124 valence electrons. The van der Waals surface area contributed by atoms with E-state index in [9.17, 15) is 9.59 Å². The number of nitrogens with zero attached hydrogens (tertiary/aromatic N) is 2. The maximum Gasteiger partial charge on any atom is 0.274 e. The van der Waals surface area contributed by atoms with E-state index in [1.54, 1.807) is 18.3 Å². The summed E-state index contributed by atoms with van der Waals surface area (Å²) in [6.07, 6.45) is 6.63. The van der Waals surface area contributed by atoms with Crippen molar-refractivity contribution in [1.82, 2.24) is 9.55 Å². The number of anilines is 2. The zero-order valence-electron chi connectivity index (χ0n) is 13.4. The molecule has 4 rings (SSSR count). The van der Waals surface area contributed by atoms with Crippen molar-refractivity contribution in [2.45, 2.75) is 12.8 Å². The van der Waals surface area contributed by atoms with Gasteiger partial charge in [0.2, 0.25) is 5.91 Å². The molecule has 2 amide bonds. The zero-order valence-corrected chi connectivity index (χ0v) is 13.4.